The molecule has 18 heavy (non-hydrogen) atoms. The van der Waals surface area contributed by atoms with Crippen LogP contribution in [-0.2, 0) is 6.54 Å². The van der Waals surface area contributed by atoms with Crippen molar-refractivity contribution in [3.63, 3.8) is 0 Å². The molecule has 0 saturated carbocycles. The Morgan fingerprint density at radius 2 is 2.06 bits per heavy atom. The quantitative estimate of drug-likeness (QED) is 0.881. The second kappa shape index (κ2) is 5.65. The molecule has 0 spiro atoms. The van der Waals surface area contributed by atoms with Crippen molar-refractivity contribution in [3.8, 4) is 6.07 Å². The molecule has 0 fully saturated rings. The van der Waals surface area contributed by atoms with E-state index in [4.69, 9.17) is 5.26 Å². The summed E-state index contributed by atoms with van der Waals surface area (Å²) in [6, 6.07) is 13.8. The molecule has 1 heterocycles. The average Bonchev–Trinajstić information content (AvgIpc) is 2.36. The molecule has 1 N–H and O–H groups in total. The van der Waals surface area contributed by atoms with Gasteiger partial charge in [0.1, 0.15) is 10.7 Å². The first-order valence-corrected chi connectivity index (χ1v) is 6.35. The lowest BCUT2D eigenvalue weighted by Gasteiger charge is -2.09. The summed E-state index contributed by atoms with van der Waals surface area (Å²) in [6.45, 7) is 2.53. The third kappa shape index (κ3) is 2.88. The van der Waals surface area contributed by atoms with Gasteiger partial charge >= 0.3 is 0 Å². The zero-order valence-corrected chi connectivity index (χ0v) is 11.5. The lowest BCUT2D eigenvalue weighted by Crippen LogP contribution is -2.03. The zero-order chi connectivity index (χ0) is 13.0. The molecule has 1 aromatic heterocycles. The Balaban J connectivity index is 2.16. The standard InChI is InChI=1S/C14H12BrN3/c1-10-4-2-6-13(12(10)8-16)17-9-11-5-3-7-14(15)18-11/h2-7,17H,9H2,1H3. The third-order valence-electron chi connectivity index (χ3n) is 2.62. The molecule has 0 saturated heterocycles. The molecule has 0 unspecified atom stereocenters. The molecule has 0 radical (unpaired) electrons. The smallest absolute Gasteiger partial charge is 0.106 e. The Labute approximate surface area is 115 Å². The number of pyridine rings is 1. The van der Waals surface area contributed by atoms with Crippen molar-refractivity contribution in [3.05, 3.63) is 57.8 Å². The van der Waals surface area contributed by atoms with Crippen LogP contribution in [-0.4, -0.2) is 4.98 Å². The number of hydrogen-bond acceptors (Lipinski definition) is 3. The Hall–Kier alpha value is -1.86. The van der Waals surface area contributed by atoms with Crippen LogP contribution in [0, 0.1) is 18.3 Å². The highest BCUT2D eigenvalue weighted by Crippen LogP contribution is 2.19. The van der Waals surface area contributed by atoms with Gasteiger partial charge in [0.25, 0.3) is 0 Å². The van der Waals surface area contributed by atoms with E-state index in [2.05, 4.69) is 32.3 Å². The van der Waals surface area contributed by atoms with E-state index in [1.54, 1.807) is 0 Å². The van der Waals surface area contributed by atoms with Crippen LogP contribution >= 0.6 is 15.9 Å². The van der Waals surface area contributed by atoms with E-state index in [1.807, 2.05) is 43.3 Å². The molecular weight excluding hydrogens is 290 g/mol. The summed E-state index contributed by atoms with van der Waals surface area (Å²) in [6.07, 6.45) is 0. The highest BCUT2D eigenvalue weighted by Gasteiger charge is 2.04. The average molecular weight is 302 g/mol. The molecule has 4 heteroatoms. The van der Waals surface area contributed by atoms with Crippen LogP contribution in [0.4, 0.5) is 5.69 Å². The number of nitrogens with zero attached hydrogens (tertiary/aromatic N) is 2. The van der Waals surface area contributed by atoms with E-state index in [9.17, 15) is 0 Å². The molecule has 3 nitrogen and oxygen atoms in total. The van der Waals surface area contributed by atoms with Crippen molar-refractivity contribution < 1.29 is 0 Å². The summed E-state index contributed by atoms with van der Waals surface area (Å²) >= 11 is 3.34. The number of halogens is 1. The van der Waals surface area contributed by atoms with Gasteiger partial charge in [0.15, 0.2) is 0 Å². The molecule has 2 aromatic rings. The lowest BCUT2D eigenvalue weighted by molar-refractivity contribution is 1.03. The van der Waals surface area contributed by atoms with Gasteiger partial charge in [0, 0.05) is 0 Å². The predicted molar refractivity (Wildman–Crippen MR) is 75.2 cm³/mol. The normalized spacial score (nSPS) is 9.83. The van der Waals surface area contributed by atoms with Crippen LogP contribution in [0.15, 0.2) is 41.0 Å². The van der Waals surface area contributed by atoms with Gasteiger partial charge < -0.3 is 5.32 Å². The van der Waals surface area contributed by atoms with Gasteiger partial charge in [-0.2, -0.15) is 5.26 Å². The Morgan fingerprint density at radius 1 is 1.28 bits per heavy atom. The van der Waals surface area contributed by atoms with Gasteiger partial charge in [-0.3, -0.25) is 0 Å². The number of nitrogens with one attached hydrogen (secondary N) is 1. The van der Waals surface area contributed by atoms with Crippen LogP contribution in [0.5, 0.6) is 0 Å². The van der Waals surface area contributed by atoms with Crippen LogP contribution in [0.3, 0.4) is 0 Å². The van der Waals surface area contributed by atoms with Gasteiger partial charge in [-0.1, -0.05) is 18.2 Å². The summed E-state index contributed by atoms with van der Waals surface area (Å²) in [5.41, 5.74) is 3.44. The molecule has 0 amide bonds. The van der Waals surface area contributed by atoms with E-state index >= 15 is 0 Å². The largest absolute Gasteiger partial charge is 0.378 e. The van der Waals surface area contributed by atoms with Crippen molar-refractivity contribution in [2.45, 2.75) is 13.5 Å². The maximum Gasteiger partial charge on any atom is 0.106 e. The third-order valence-corrected chi connectivity index (χ3v) is 3.06. The summed E-state index contributed by atoms with van der Waals surface area (Å²) in [5.74, 6) is 0. The first kappa shape index (κ1) is 12.6. The topological polar surface area (TPSA) is 48.7 Å². The van der Waals surface area contributed by atoms with Gasteiger partial charge in [-0.05, 0) is 46.6 Å². The molecule has 0 aliphatic rings. The van der Waals surface area contributed by atoms with Crippen molar-refractivity contribution in [2.24, 2.45) is 0 Å². The Kier molecular flexibility index (Phi) is 3.96. The molecular formula is C14H12BrN3. The molecule has 1 aromatic carbocycles. The monoisotopic (exact) mass is 301 g/mol. The second-order valence-corrected chi connectivity index (χ2v) is 4.73. The fourth-order valence-corrected chi connectivity index (χ4v) is 2.08. The Bertz CT molecular complexity index is 602. The van der Waals surface area contributed by atoms with Crippen LogP contribution in [0.25, 0.3) is 0 Å². The highest BCUT2D eigenvalue weighted by molar-refractivity contribution is 9.10. The molecule has 0 atom stereocenters. The minimum absolute atomic E-state index is 0.595. The molecule has 2 rings (SSSR count). The minimum atomic E-state index is 0.595. The van der Waals surface area contributed by atoms with Crippen molar-refractivity contribution in [2.75, 3.05) is 5.32 Å². The molecule has 0 aliphatic heterocycles. The minimum Gasteiger partial charge on any atom is -0.378 e. The van der Waals surface area contributed by atoms with E-state index in [-0.39, 0.29) is 0 Å². The Morgan fingerprint density at radius 3 is 2.78 bits per heavy atom. The van der Waals surface area contributed by atoms with Crippen LogP contribution in [0.1, 0.15) is 16.8 Å². The molecule has 90 valence electrons. The number of hydrogen-bond donors (Lipinski definition) is 1. The number of aryl methyl sites for hydroxylation is 1. The lowest BCUT2D eigenvalue weighted by atomic mass is 10.1. The fourth-order valence-electron chi connectivity index (χ4n) is 1.70. The highest BCUT2D eigenvalue weighted by atomic mass is 79.9. The van der Waals surface area contributed by atoms with Gasteiger partial charge in [0.2, 0.25) is 0 Å². The number of rotatable bonds is 3. The van der Waals surface area contributed by atoms with Gasteiger partial charge in [-0.25, -0.2) is 4.98 Å². The number of aromatic nitrogens is 1. The molecule has 0 aliphatic carbocycles. The maximum atomic E-state index is 9.13. The van der Waals surface area contributed by atoms with Crippen molar-refractivity contribution in [1.29, 1.82) is 5.26 Å². The fraction of sp³-hybridized carbons (Fsp3) is 0.143. The van der Waals surface area contributed by atoms with E-state index in [0.717, 1.165) is 21.5 Å². The van der Waals surface area contributed by atoms with Crippen molar-refractivity contribution in [1.82, 2.24) is 4.98 Å². The first-order chi connectivity index (χ1) is 8.70. The zero-order valence-electron chi connectivity index (χ0n) is 9.94. The van der Waals surface area contributed by atoms with Gasteiger partial charge in [0.05, 0.1) is 23.5 Å². The van der Waals surface area contributed by atoms with Crippen LogP contribution < -0.4 is 5.32 Å². The summed E-state index contributed by atoms with van der Waals surface area (Å²) in [7, 11) is 0. The first-order valence-electron chi connectivity index (χ1n) is 5.55. The maximum absolute atomic E-state index is 9.13. The van der Waals surface area contributed by atoms with E-state index in [1.165, 1.54) is 0 Å². The SMILES string of the molecule is Cc1cccc(NCc2cccc(Br)n2)c1C#N. The number of anilines is 1. The number of benzene rings is 1. The van der Waals surface area contributed by atoms with E-state index < -0.39 is 0 Å². The summed E-state index contributed by atoms with van der Waals surface area (Å²) < 4.78 is 0.812. The van der Waals surface area contributed by atoms with Gasteiger partial charge in [-0.15, -0.1) is 0 Å². The predicted octanol–water partition coefficient (Wildman–Crippen LogP) is 3.64. The van der Waals surface area contributed by atoms with Crippen molar-refractivity contribution >= 4 is 21.6 Å². The van der Waals surface area contributed by atoms with E-state index in [0.29, 0.717) is 12.1 Å². The number of nitriles is 1. The summed E-state index contributed by atoms with van der Waals surface area (Å²) in [4.78, 5) is 4.34. The van der Waals surface area contributed by atoms with Crippen LogP contribution in [0.2, 0.25) is 0 Å². The summed E-state index contributed by atoms with van der Waals surface area (Å²) in [5, 5.41) is 12.4. The molecule has 0 bridgehead atoms. The second-order valence-electron chi connectivity index (χ2n) is 3.91.